The number of anilines is 2. The highest BCUT2D eigenvalue weighted by Gasteiger charge is 2.38. The van der Waals surface area contributed by atoms with Gasteiger partial charge >= 0.3 is 6.18 Å². The van der Waals surface area contributed by atoms with Crippen LogP contribution in [-0.4, -0.2) is 38.7 Å². The predicted molar refractivity (Wildman–Crippen MR) is 106 cm³/mol. The van der Waals surface area contributed by atoms with Crippen molar-refractivity contribution in [3.63, 3.8) is 0 Å². The van der Waals surface area contributed by atoms with Crippen LogP contribution in [0.1, 0.15) is 39.1 Å². The van der Waals surface area contributed by atoms with Gasteiger partial charge in [-0.1, -0.05) is 0 Å². The topological polar surface area (TPSA) is 95.6 Å². The minimum Gasteiger partial charge on any atom is -0.355 e. The largest absolute Gasteiger partial charge is 0.417 e. The van der Waals surface area contributed by atoms with Crippen molar-refractivity contribution >= 4 is 33.2 Å². The van der Waals surface area contributed by atoms with Gasteiger partial charge in [-0.3, -0.25) is 14.5 Å². The Bertz CT molecular complexity index is 1190. The molecule has 1 fully saturated rings. The Morgan fingerprint density at radius 3 is 2.26 bits per heavy atom. The highest BCUT2D eigenvalue weighted by atomic mass is 32.2. The minimum absolute atomic E-state index is 0.0152. The van der Waals surface area contributed by atoms with Crippen LogP contribution in [0.5, 0.6) is 0 Å². The molecule has 2 aromatic rings. The summed E-state index contributed by atoms with van der Waals surface area (Å²) in [5.41, 5.74) is -0.688. The highest BCUT2D eigenvalue weighted by Crippen LogP contribution is 2.37. The number of fused-ring (bicyclic) bond motifs is 1. The molecule has 0 radical (unpaired) electrons. The number of amides is 2. The number of benzene rings is 2. The lowest BCUT2D eigenvalue weighted by Gasteiger charge is -2.16. The maximum absolute atomic E-state index is 13.6. The van der Waals surface area contributed by atoms with Crippen molar-refractivity contribution in [1.29, 1.82) is 0 Å². The van der Waals surface area contributed by atoms with Gasteiger partial charge in [0.1, 0.15) is 0 Å². The van der Waals surface area contributed by atoms with Crippen LogP contribution in [0.4, 0.5) is 24.5 Å². The Labute approximate surface area is 176 Å². The normalized spacial score (nSPS) is 16.6. The van der Waals surface area contributed by atoms with Gasteiger partial charge in [-0.2, -0.15) is 13.2 Å². The molecule has 0 bridgehead atoms. The summed E-state index contributed by atoms with van der Waals surface area (Å²) in [5, 5.41) is 2.74. The highest BCUT2D eigenvalue weighted by molar-refractivity contribution is 7.89. The number of halogens is 3. The zero-order valence-corrected chi connectivity index (χ0v) is 17.1. The van der Waals surface area contributed by atoms with Gasteiger partial charge in [-0.25, -0.2) is 13.1 Å². The van der Waals surface area contributed by atoms with Crippen LogP contribution < -0.4 is 10.0 Å². The third-order valence-electron chi connectivity index (χ3n) is 5.21. The molecule has 1 aliphatic heterocycles. The first-order valence-corrected chi connectivity index (χ1v) is 10.9. The van der Waals surface area contributed by atoms with Crippen LogP contribution >= 0.6 is 0 Å². The van der Waals surface area contributed by atoms with Crippen molar-refractivity contribution in [1.82, 2.24) is 9.62 Å². The number of nitrogens with zero attached hydrogens (tertiary/aromatic N) is 1. The number of carbonyl (C=O) groups excluding carboxylic acids is 2. The molecule has 7 nitrogen and oxygen atoms in total. The molecule has 11 heteroatoms. The first-order chi connectivity index (χ1) is 14.5. The summed E-state index contributed by atoms with van der Waals surface area (Å²) in [6, 6.07) is 7.06. The van der Waals surface area contributed by atoms with Gasteiger partial charge < -0.3 is 5.32 Å². The SMILES string of the molecule is CN1C(=O)c2ccc(Nc3ccc(S(=O)(=O)NCC4CC4)c(C(F)(F)F)c3)cc2C1=O. The molecule has 0 atom stereocenters. The zero-order valence-electron chi connectivity index (χ0n) is 16.3. The van der Waals surface area contributed by atoms with E-state index >= 15 is 0 Å². The van der Waals surface area contributed by atoms with Gasteiger partial charge in [-0.15, -0.1) is 0 Å². The second-order valence-electron chi connectivity index (χ2n) is 7.56. The van der Waals surface area contributed by atoms with Gasteiger partial charge in [0.15, 0.2) is 0 Å². The molecule has 0 unspecified atom stereocenters. The van der Waals surface area contributed by atoms with Gasteiger partial charge in [0.25, 0.3) is 11.8 Å². The van der Waals surface area contributed by atoms with E-state index in [1.165, 1.54) is 31.3 Å². The van der Waals surface area contributed by atoms with E-state index < -0.39 is 38.5 Å². The Morgan fingerprint density at radius 1 is 1.00 bits per heavy atom. The van der Waals surface area contributed by atoms with Gasteiger partial charge in [-0.05, 0) is 55.2 Å². The summed E-state index contributed by atoms with van der Waals surface area (Å²) in [6.07, 6.45) is -3.20. The Kier molecular flexibility index (Phi) is 5.05. The van der Waals surface area contributed by atoms with E-state index in [1.807, 2.05) is 0 Å². The molecule has 2 N–H and O–H groups in total. The van der Waals surface area contributed by atoms with E-state index in [9.17, 15) is 31.2 Å². The van der Waals surface area contributed by atoms with Crippen molar-refractivity contribution in [3.05, 3.63) is 53.1 Å². The fourth-order valence-electron chi connectivity index (χ4n) is 3.30. The lowest BCUT2D eigenvalue weighted by Crippen LogP contribution is -2.28. The molecule has 2 amide bonds. The van der Waals surface area contributed by atoms with Crippen molar-refractivity contribution in [3.8, 4) is 0 Å². The van der Waals surface area contributed by atoms with Crippen molar-refractivity contribution < 1.29 is 31.2 Å². The summed E-state index contributed by atoms with van der Waals surface area (Å²) < 4.78 is 67.9. The second-order valence-corrected chi connectivity index (χ2v) is 9.29. The molecule has 0 spiro atoms. The number of rotatable bonds is 6. The van der Waals surface area contributed by atoms with Crippen LogP contribution in [0.15, 0.2) is 41.3 Å². The Balaban J connectivity index is 1.65. The maximum Gasteiger partial charge on any atom is 0.417 e. The summed E-state index contributed by atoms with van der Waals surface area (Å²) in [4.78, 5) is 24.2. The van der Waals surface area contributed by atoms with Crippen LogP contribution in [-0.2, 0) is 16.2 Å². The lowest BCUT2D eigenvalue weighted by molar-refractivity contribution is -0.139. The van der Waals surface area contributed by atoms with E-state index in [2.05, 4.69) is 10.0 Å². The smallest absolute Gasteiger partial charge is 0.355 e. The van der Waals surface area contributed by atoms with Crippen LogP contribution in [0, 0.1) is 5.92 Å². The number of imide groups is 1. The first kappa shape index (κ1) is 21.3. The van der Waals surface area contributed by atoms with Crippen molar-refractivity contribution in [2.75, 3.05) is 18.9 Å². The quantitative estimate of drug-likeness (QED) is 0.654. The van der Waals surface area contributed by atoms with E-state index in [0.717, 1.165) is 23.8 Å². The summed E-state index contributed by atoms with van der Waals surface area (Å²) in [6.45, 7) is 0.107. The van der Waals surface area contributed by atoms with Gasteiger partial charge in [0, 0.05) is 25.0 Å². The Hall–Kier alpha value is -2.92. The van der Waals surface area contributed by atoms with E-state index in [4.69, 9.17) is 0 Å². The molecule has 2 aliphatic rings. The predicted octanol–water partition coefficient (Wildman–Crippen LogP) is 3.36. The monoisotopic (exact) mass is 453 g/mol. The number of hydrogen-bond donors (Lipinski definition) is 2. The van der Waals surface area contributed by atoms with E-state index in [1.54, 1.807) is 0 Å². The third kappa shape index (κ3) is 4.15. The summed E-state index contributed by atoms with van der Waals surface area (Å²) in [7, 11) is -2.99. The van der Waals surface area contributed by atoms with Gasteiger partial charge in [0.2, 0.25) is 10.0 Å². The molecule has 0 aromatic heterocycles. The fourth-order valence-corrected chi connectivity index (χ4v) is 4.62. The van der Waals surface area contributed by atoms with Crippen LogP contribution in [0.3, 0.4) is 0 Å². The molecule has 0 saturated heterocycles. The third-order valence-corrected chi connectivity index (χ3v) is 6.69. The number of hydrogen-bond acceptors (Lipinski definition) is 5. The number of sulfonamides is 1. The zero-order chi connectivity index (χ0) is 22.6. The summed E-state index contributed by atoms with van der Waals surface area (Å²) in [5.74, 6) is -0.805. The number of alkyl halides is 3. The molecular weight excluding hydrogens is 435 g/mol. The molecule has 1 heterocycles. The molecule has 1 saturated carbocycles. The summed E-state index contributed by atoms with van der Waals surface area (Å²) >= 11 is 0. The molecule has 1 aliphatic carbocycles. The van der Waals surface area contributed by atoms with Crippen molar-refractivity contribution in [2.24, 2.45) is 5.92 Å². The van der Waals surface area contributed by atoms with Crippen LogP contribution in [0.2, 0.25) is 0 Å². The van der Waals surface area contributed by atoms with Crippen LogP contribution in [0.25, 0.3) is 0 Å². The van der Waals surface area contributed by atoms with Gasteiger partial charge in [0.05, 0.1) is 21.6 Å². The molecule has 164 valence electrons. The van der Waals surface area contributed by atoms with E-state index in [0.29, 0.717) is 6.07 Å². The molecule has 2 aromatic carbocycles. The average Bonchev–Trinajstić information content (AvgIpc) is 3.51. The second kappa shape index (κ2) is 7.34. The average molecular weight is 453 g/mol. The molecular formula is C20H18F3N3O4S. The maximum atomic E-state index is 13.6. The fraction of sp³-hybridized carbons (Fsp3) is 0.300. The minimum atomic E-state index is -4.90. The molecule has 4 rings (SSSR count). The molecule has 31 heavy (non-hydrogen) atoms. The standard InChI is InChI=1S/C20H18F3N3O4S/c1-26-18(27)14-6-4-12(8-15(14)19(26)28)25-13-5-7-17(16(9-13)20(21,22)23)31(29,30)24-10-11-2-3-11/h4-9,11,24-25H,2-3,10H2,1H3. The Morgan fingerprint density at radius 2 is 1.61 bits per heavy atom. The van der Waals surface area contributed by atoms with Crippen molar-refractivity contribution in [2.45, 2.75) is 23.9 Å². The number of carbonyl (C=O) groups is 2. The van der Waals surface area contributed by atoms with E-state index in [-0.39, 0.29) is 35.0 Å². The number of nitrogens with one attached hydrogen (secondary N) is 2. The lowest BCUT2D eigenvalue weighted by atomic mass is 10.1. The first-order valence-electron chi connectivity index (χ1n) is 9.42.